The third-order valence-electron chi connectivity index (χ3n) is 5.18. The number of rotatable bonds is 7. The van der Waals surface area contributed by atoms with E-state index in [1.807, 2.05) is 62.6 Å². The molecule has 6 nitrogen and oxygen atoms in total. The van der Waals surface area contributed by atoms with E-state index < -0.39 is 5.97 Å². The normalized spacial score (nSPS) is 10.8. The average Bonchev–Trinajstić information content (AvgIpc) is 3.06. The topological polar surface area (TPSA) is 60.8 Å². The second-order valence-electron chi connectivity index (χ2n) is 7.71. The Morgan fingerprint density at radius 3 is 2.38 bits per heavy atom. The van der Waals surface area contributed by atoms with E-state index in [9.17, 15) is 9.59 Å². The molecule has 0 aliphatic rings. The van der Waals surface area contributed by atoms with Gasteiger partial charge in [-0.3, -0.25) is 4.79 Å². The maximum Gasteiger partial charge on any atom is 0.340 e. The maximum absolute atomic E-state index is 12.9. The number of aromatic nitrogens is 1. The largest absolute Gasteiger partial charge is 0.495 e. The number of para-hydroxylation sites is 1. The number of methoxy groups -OCH3 is 1. The zero-order chi connectivity index (χ0) is 23.4. The number of benzene rings is 2. The summed E-state index contributed by atoms with van der Waals surface area (Å²) in [5.41, 5.74) is 3.35. The van der Waals surface area contributed by atoms with Crippen LogP contribution in [0, 0.1) is 13.8 Å². The Labute approximate surface area is 193 Å². The van der Waals surface area contributed by atoms with Gasteiger partial charge in [-0.15, -0.1) is 0 Å². The van der Waals surface area contributed by atoms with Crippen molar-refractivity contribution in [3.63, 3.8) is 0 Å². The van der Waals surface area contributed by atoms with Crippen LogP contribution in [0.4, 0.5) is 5.69 Å². The molecule has 3 aromatic rings. The van der Waals surface area contributed by atoms with Crippen LogP contribution in [0.3, 0.4) is 0 Å². The van der Waals surface area contributed by atoms with Gasteiger partial charge < -0.3 is 18.9 Å². The molecule has 0 atom stereocenters. The quantitative estimate of drug-likeness (QED) is 0.451. The lowest BCUT2D eigenvalue weighted by Crippen LogP contribution is -2.39. The fraction of sp³-hybridized carbons (Fsp3) is 0.280. The summed E-state index contributed by atoms with van der Waals surface area (Å²) in [6.45, 7) is 7.18. The Bertz CT molecular complexity index is 1120. The molecular formula is C25H27ClN2O4. The lowest BCUT2D eigenvalue weighted by Gasteiger charge is -2.26. The minimum absolute atomic E-state index is 0.0797. The number of carbonyl (C=O) groups excluding carboxylic acids is 2. The first-order valence-corrected chi connectivity index (χ1v) is 10.7. The lowest BCUT2D eigenvalue weighted by atomic mass is 10.2. The van der Waals surface area contributed by atoms with Crippen LogP contribution in [-0.4, -0.2) is 36.2 Å². The lowest BCUT2D eigenvalue weighted by molar-refractivity contribution is -0.122. The second kappa shape index (κ2) is 9.92. The van der Waals surface area contributed by atoms with Gasteiger partial charge in [0.1, 0.15) is 5.75 Å². The second-order valence-corrected chi connectivity index (χ2v) is 8.14. The molecule has 0 aliphatic carbocycles. The third kappa shape index (κ3) is 4.81. The number of halogens is 1. The van der Waals surface area contributed by atoms with E-state index in [2.05, 4.69) is 0 Å². The van der Waals surface area contributed by atoms with Crippen LogP contribution in [0.2, 0.25) is 5.02 Å². The first-order valence-electron chi connectivity index (χ1n) is 10.3. The fourth-order valence-electron chi connectivity index (χ4n) is 3.77. The molecule has 2 aromatic carbocycles. The van der Waals surface area contributed by atoms with Crippen LogP contribution in [0.15, 0.2) is 54.6 Å². The molecule has 0 bridgehead atoms. The van der Waals surface area contributed by atoms with E-state index in [4.69, 9.17) is 21.1 Å². The van der Waals surface area contributed by atoms with Gasteiger partial charge >= 0.3 is 5.97 Å². The monoisotopic (exact) mass is 454 g/mol. The van der Waals surface area contributed by atoms with Crippen LogP contribution in [0.5, 0.6) is 5.75 Å². The minimum Gasteiger partial charge on any atom is -0.495 e. The van der Waals surface area contributed by atoms with Gasteiger partial charge in [-0.05, 0) is 64.1 Å². The Morgan fingerprint density at radius 1 is 1.06 bits per heavy atom. The molecule has 1 heterocycles. The van der Waals surface area contributed by atoms with Crippen LogP contribution in [-0.2, 0) is 9.53 Å². The van der Waals surface area contributed by atoms with Gasteiger partial charge in [0.15, 0.2) is 6.61 Å². The first-order chi connectivity index (χ1) is 15.2. The van der Waals surface area contributed by atoms with Gasteiger partial charge in [0.05, 0.1) is 18.4 Å². The smallest absolute Gasteiger partial charge is 0.340 e. The van der Waals surface area contributed by atoms with Crippen molar-refractivity contribution in [3.05, 3.63) is 76.6 Å². The molecule has 0 aliphatic heterocycles. The molecule has 1 amide bonds. The van der Waals surface area contributed by atoms with E-state index in [0.717, 1.165) is 17.1 Å². The molecule has 0 spiro atoms. The summed E-state index contributed by atoms with van der Waals surface area (Å²) >= 11 is 6.19. The number of aryl methyl sites for hydroxylation is 1. The predicted molar refractivity (Wildman–Crippen MR) is 126 cm³/mol. The summed E-state index contributed by atoms with van der Waals surface area (Å²) in [6, 6.07) is 16.3. The number of hydrogen-bond donors (Lipinski definition) is 0. The molecule has 32 heavy (non-hydrogen) atoms. The molecular weight excluding hydrogens is 428 g/mol. The summed E-state index contributed by atoms with van der Waals surface area (Å²) in [5.74, 6) is -0.220. The number of anilines is 1. The van der Waals surface area contributed by atoms with Gasteiger partial charge in [-0.1, -0.05) is 29.8 Å². The van der Waals surface area contributed by atoms with Gasteiger partial charge in [0.2, 0.25) is 0 Å². The number of nitrogens with zero attached hydrogens (tertiary/aromatic N) is 2. The number of carbonyl (C=O) groups is 2. The first kappa shape index (κ1) is 23.4. The molecule has 0 saturated heterocycles. The van der Waals surface area contributed by atoms with Crippen molar-refractivity contribution in [1.82, 2.24) is 4.57 Å². The van der Waals surface area contributed by atoms with Crippen molar-refractivity contribution >= 4 is 29.2 Å². The number of hydrogen-bond acceptors (Lipinski definition) is 4. The van der Waals surface area contributed by atoms with Crippen LogP contribution >= 0.6 is 11.6 Å². The summed E-state index contributed by atoms with van der Waals surface area (Å²) in [4.78, 5) is 27.3. The number of ether oxygens (including phenoxy) is 2. The zero-order valence-corrected chi connectivity index (χ0v) is 19.6. The molecule has 168 valence electrons. The highest BCUT2D eigenvalue weighted by atomic mass is 35.5. The molecule has 0 saturated carbocycles. The van der Waals surface area contributed by atoms with Gasteiger partial charge in [-0.25, -0.2) is 4.79 Å². The molecule has 3 rings (SSSR count). The Balaban J connectivity index is 1.82. The highest BCUT2D eigenvalue weighted by Gasteiger charge is 2.23. The molecule has 0 unspecified atom stereocenters. The van der Waals surface area contributed by atoms with E-state index >= 15 is 0 Å². The number of amides is 1. The average molecular weight is 455 g/mol. The van der Waals surface area contributed by atoms with Crippen molar-refractivity contribution in [2.75, 3.05) is 18.6 Å². The van der Waals surface area contributed by atoms with Crippen molar-refractivity contribution in [1.29, 1.82) is 0 Å². The summed E-state index contributed by atoms with van der Waals surface area (Å²) in [6.07, 6.45) is 0. The number of esters is 1. The van der Waals surface area contributed by atoms with Gasteiger partial charge in [-0.2, -0.15) is 0 Å². The molecule has 0 radical (unpaired) electrons. The Morgan fingerprint density at radius 2 is 1.75 bits per heavy atom. The Kier molecular flexibility index (Phi) is 7.26. The summed E-state index contributed by atoms with van der Waals surface area (Å²) in [7, 11) is 1.58. The Hall–Kier alpha value is -3.25. The van der Waals surface area contributed by atoms with Gasteiger partial charge in [0, 0.05) is 28.1 Å². The van der Waals surface area contributed by atoms with Crippen molar-refractivity contribution < 1.29 is 19.1 Å². The van der Waals surface area contributed by atoms with E-state index in [0.29, 0.717) is 22.0 Å². The van der Waals surface area contributed by atoms with Crippen LogP contribution in [0.25, 0.3) is 5.69 Å². The maximum atomic E-state index is 12.9. The molecule has 7 heteroatoms. The van der Waals surface area contributed by atoms with E-state index in [1.54, 1.807) is 36.3 Å². The molecule has 0 N–H and O–H groups in total. The zero-order valence-electron chi connectivity index (χ0n) is 18.9. The summed E-state index contributed by atoms with van der Waals surface area (Å²) < 4.78 is 12.7. The van der Waals surface area contributed by atoms with Crippen LogP contribution in [0.1, 0.15) is 35.6 Å². The minimum atomic E-state index is -0.560. The highest BCUT2D eigenvalue weighted by Crippen LogP contribution is 2.31. The van der Waals surface area contributed by atoms with Crippen LogP contribution < -0.4 is 9.64 Å². The van der Waals surface area contributed by atoms with Crippen molar-refractivity contribution in [2.45, 2.75) is 33.7 Å². The van der Waals surface area contributed by atoms with Crippen molar-refractivity contribution in [3.8, 4) is 11.4 Å². The van der Waals surface area contributed by atoms with Gasteiger partial charge in [0.25, 0.3) is 5.91 Å². The summed E-state index contributed by atoms with van der Waals surface area (Å²) in [5, 5.41) is 0.553. The van der Waals surface area contributed by atoms with E-state index in [-0.39, 0.29) is 18.6 Å². The standard InChI is InChI=1S/C25H27ClN2O4/c1-16(2)27(20-9-7-6-8-10-20)24(29)15-32-25(30)21-13-17(3)28(18(21)4)22-14-19(26)11-12-23(22)31-5/h6-14,16H,15H2,1-5H3. The molecule has 1 aromatic heterocycles. The van der Waals surface area contributed by atoms with E-state index in [1.165, 1.54) is 0 Å². The predicted octanol–water partition coefficient (Wildman–Crippen LogP) is 5.35. The molecule has 0 fully saturated rings. The third-order valence-corrected chi connectivity index (χ3v) is 5.41. The SMILES string of the molecule is COc1ccc(Cl)cc1-n1c(C)cc(C(=O)OCC(=O)N(c2ccccc2)C(C)C)c1C. The van der Waals surface area contributed by atoms with Crippen molar-refractivity contribution in [2.24, 2.45) is 0 Å². The highest BCUT2D eigenvalue weighted by molar-refractivity contribution is 6.30. The fourth-order valence-corrected chi connectivity index (χ4v) is 3.94.